The van der Waals surface area contributed by atoms with E-state index in [2.05, 4.69) is 25.1 Å². The lowest BCUT2D eigenvalue weighted by Crippen LogP contribution is -2.24. The highest BCUT2D eigenvalue weighted by Gasteiger charge is 2.37. The minimum absolute atomic E-state index is 0.104. The van der Waals surface area contributed by atoms with Gasteiger partial charge in [-0.3, -0.25) is 15.0 Å². The zero-order chi connectivity index (χ0) is 25.9. The van der Waals surface area contributed by atoms with Crippen LogP contribution in [0.3, 0.4) is 0 Å². The molecule has 0 atom stereocenters. The normalized spacial score (nSPS) is 15.7. The highest BCUT2D eigenvalue weighted by Crippen LogP contribution is 2.31. The van der Waals surface area contributed by atoms with Gasteiger partial charge in [-0.15, -0.1) is 0 Å². The van der Waals surface area contributed by atoms with Crippen LogP contribution in [0, 0.1) is 6.92 Å². The average molecular weight is 512 g/mol. The van der Waals surface area contributed by atoms with Crippen molar-refractivity contribution in [1.82, 2.24) is 44.6 Å². The smallest absolute Gasteiger partial charge is 0.261 e. The Balaban J connectivity index is 1.24. The number of para-hydroxylation sites is 1. The van der Waals surface area contributed by atoms with Gasteiger partial charge in [-0.1, -0.05) is 6.07 Å². The van der Waals surface area contributed by atoms with Crippen LogP contribution in [0.25, 0.3) is 50.5 Å². The fourth-order valence-corrected chi connectivity index (χ4v) is 5.03. The van der Waals surface area contributed by atoms with Crippen molar-refractivity contribution in [2.45, 2.75) is 25.8 Å². The number of hydrogen-bond acceptors (Lipinski definition) is 6. The van der Waals surface area contributed by atoms with E-state index in [1.807, 2.05) is 54.1 Å². The molecule has 5 aromatic heterocycles. The number of hydrogen-bond donors (Lipinski definition) is 2. The lowest BCUT2D eigenvalue weighted by molar-refractivity contribution is 0.0115. The van der Waals surface area contributed by atoms with E-state index >= 15 is 0 Å². The first-order chi connectivity index (χ1) is 18.4. The lowest BCUT2D eigenvalue weighted by atomic mass is 10.1. The van der Waals surface area contributed by atoms with Crippen LogP contribution in [0.15, 0.2) is 61.3 Å². The van der Waals surface area contributed by atoms with Crippen molar-refractivity contribution in [2.24, 2.45) is 0 Å². The molecule has 9 nitrogen and oxygen atoms in total. The van der Waals surface area contributed by atoms with Gasteiger partial charge in [0, 0.05) is 43.7 Å². The molecule has 0 saturated carbocycles. The molecular weight excluding hydrogens is 488 g/mol. The molecule has 1 aliphatic heterocycles. The second kappa shape index (κ2) is 8.52. The SMILES string of the molecule is Cc1cn(-c2cccc3[nH]c(-c4n[nH]c5ccc(-c6cncc(CN7CCC(F)(F)C7)c6)nc45)nc23)cn1. The maximum Gasteiger partial charge on any atom is 0.261 e. The number of rotatable bonds is 5. The number of pyridine rings is 2. The average Bonchev–Trinajstić information content (AvgIpc) is 3.69. The van der Waals surface area contributed by atoms with Crippen molar-refractivity contribution in [2.75, 3.05) is 13.1 Å². The summed E-state index contributed by atoms with van der Waals surface area (Å²) in [6.07, 6.45) is 7.07. The Bertz CT molecular complexity index is 1800. The Morgan fingerprint density at radius 2 is 1.97 bits per heavy atom. The Hall–Kier alpha value is -4.51. The van der Waals surface area contributed by atoms with Gasteiger partial charge in [0.2, 0.25) is 0 Å². The standard InChI is InChI=1S/C27H23F2N9/c1-16-12-38(15-31-16)22-4-2-3-20-23(22)34-26(33-20)25-24-21(35-36-25)6-5-19(32-24)18-9-17(10-30-11-18)13-37-8-7-27(28,29)14-37/h2-6,9-12,15H,7-8,13-14H2,1H3,(H,33,34)(H,35,36). The Morgan fingerprint density at radius 1 is 1.05 bits per heavy atom. The molecule has 7 rings (SSSR count). The van der Waals surface area contributed by atoms with E-state index in [-0.39, 0.29) is 13.0 Å². The fraction of sp³-hybridized carbons (Fsp3) is 0.222. The molecule has 2 N–H and O–H groups in total. The van der Waals surface area contributed by atoms with Crippen LogP contribution >= 0.6 is 0 Å². The van der Waals surface area contributed by atoms with Crippen LogP contribution in [0.4, 0.5) is 8.78 Å². The van der Waals surface area contributed by atoms with Gasteiger partial charge in [-0.25, -0.2) is 23.7 Å². The number of fused-ring (bicyclic) bond motifs is 2. The molecule has 1 fully saturated rings. The number of imidazole rings is 2. The number of aromatic nitrogens is 8. The molecule has 11 heteroatoms. The predicted molar refractivity (Wildman–Crippen MR) is 139 cm³/mol. The number of nitrogens with one attached hydrogen (secondary N) is 2. The van der Waals surface area contributed by atoms with Gasteiger partial charge in [-0.05, 0) is 42.8 Å². The molecule has 0 radical (unpaired) electrons. The summed E-state index contributed by atoms with van der Waals surface area (Å²) in [4.78, 5) is 23.6. The van der Waals surface area contributed by atoms with Gasteiger partial charge in [0.15, 0.2) is 11.5 Å². The predicted octanol–water partition coefficient (Wildman–Crippen LogP) is 4.90. The van der Waals surface area contributed by atoms with Crippen molar-refractivity contribution in [1.29, 1.82) is 0 Å². The van der Waals surface area contributed by atoms with Crippen LogP contribution in [-0.2, 0) is 6.54 Å². The first-order valence-electron chi connectivity index (χ1n) is 12.3. The second-order valence-corrected chi connectivity index (χ2v) is 9.74. The van der Waals surface area contributed by atoms with Crippen molar-refractivity contribution in [3.05, 3.63) is 72.6 Å². The van der Waals surface area contributed by atoms with E-state index in [4.69, 9.17) is 9.97 Å². The molecule has 1 aromatic carbocycles. The van der Waals surface area contributed by atoms with Crippen LogP contribution in [0.5, 0.6) is 0 Å². The molecule has 0 spiro atoms. The molecule has 1 aliphatic rings. The van der Waals surface area contributed by atoms with Crippen molar-refractivity contribution in [3.8, 4) is 28.5 Å². The van der Waals surface area contributed by atoms with Gasteiger partial charge in [0.1, 0.15) is 11.0 Å². The van der Waals surface area contributed by atoms with Crippen LogP contribution in [0.1, 0.15) is 17.7 Å². The van der Waals surface area contributed by atoms with Gasteiger partial charge in [-0.2, -0.15) is 5.10 Å². The van der Waals surface area contributed by atoms with E-state index in [1.165, 1.54) is 0 Å². The molecule has 1 saturated heterocycles. The Morgan fingerprint density at radius 3 is 2.79 bits per heavy atom. The third-order valence-corrected chi connectivity index (χ3v) is 6.86. The molecule has 190 valence electrons. The number of halogens is 2. The van der Waals surface area contributed by atoms with Crippen molar-refractivity contribution >= 4 is 22.1 Å². The third kappa shape index (κ3) is 4.01. The van der Waals surface area contributed by atoms with Gasteiger partial charge < -0.3 is 9.55 Å². The number of likely N-dealkylation sites (tertiary alicyclic amines) is 1. The minimum atomic E-state index is -2.62. The summed E-state index contributed by atoms with van der Waals surface area (Å²) in [6.45, 7) is 2.52. The van der Waals surface area contributed by atoms with Crippen molar-refractivity contribution < 1.29 is 8.78 Å². The van der Waals surface area contributed by atoms with E-state index in [0.29, 0.717) is 35.8 Å². The van der Waals surface area contributed by atoms with E-state index in [0.717, 1.165) is 39.1 Å². The summed E-state index contributed by atoms with van der Waals surface area (Å²) >= 11 is 0. The monoisotopic (exact) mass is 511 g/mol. The maximum absolute atomic E-state index is 13.6. The number of aryl methyl sites for hydroxylation is 1. The number of alkyl halides is 2. The summed E-state index contributed by atoms with van der Waals surface area (Å²) in [5.41, 5.74) is 7.96. The molecule has 6 aromatic rings. The molecule has 0 unspecified atom stereocenters. The minimum Gasteiger partial charge on any atom is -0.336 e. The lowest BCUT2D eigenvalue weighted by Gasteiger charge is -2.15. The second-order valence-electron chi connectivity index (χ2n) is 9.74. The summed E-state index contributed by atoms with van der Waals surface area (Å²) < 4.78 is 29.2. The maximum atomic E-state index is 13.6. The topological polar surface area (TPSA) is 104 Å². The zero-order valence-electron chi connectivity index (χ0n) is 20.5. The number of aromatic amines is 2. The van der Waals surface area contributed by atoms with E-state index < -0.39 is 5.92 Å². The number of benzene rings is 1. The van der Waals surface area contributed by atoms with Crippen LogP contribution in [0.2, 0.25) is 0 Å². The zero-order valence-corrected chi connectivity index (χ0v) is 20.5. The van der Waals surface area contributed by atoms with Gasteiger partial charge >= 0.3 is 0 Å². The molecule has 0 bridgehead atoms. The van der Waals surface area contributed by atoms with Gasteiger partial charge in [0.25, 0.3) is 5.92 Å². The molecule has 0 amide bonds. The highest BCUT2D eigenvalue weighted by atomic mass is 19.3. The molecule has 38 heavy (non-hydrogen) atoms. The van der Waals surface area contributed by atoms with E-state index in [1.54, 1.807) is 23.6 Å². The molecular formula is C27H23F2N9. The molecule has 0 aliphatic carbocycles. The van der Waals surface area contributed by atoms with Gasteiger partial charge in [0.05, 0.1) is 41.0 Å². The fourth-order valence-electron chi connectivity index (χ4n) is 5.03. The van der Waals surface area contributed by atoms with E-state index in [9.17, 15) is 8.78 Å². The Kier molecular flexibility index (Phi) is 5.08. The molecule has 6 heterocycles. The quantitative estimate of drug-likeness (QED) is 0.341. The number of H-pyrrole nitrogens is 2. The Labute approximate surface area is 215 Å². The summed E-state index contributed by atoms with van der Waals surface area (Å²) in [5.74, 6) is -2.02. The first kappa shape index (κ1) is 22.7. The van der Waals surface area contributed by atoms with Crippen LogP contribution < -0.4 is 0 Å². The summed E-state index contributed by atoms with van der Waals surface area (Å²) in [5, 5.41) is 7.55. The highest BCUT2D eigenvalue weighted by molar-refractivity contribution is 5.93. The van der Waals surface area contributed by atoms with Crippen molar-refractivity contribution in [3.63, 3.8) is 0 Å². The third-order valence-electron chi connectivity index (χ3n) is 6.86. The largest absolute Gasteiger partial charge is 0.336 e. The summed E-state index contributed by atoms with van der Waals surface area (Å²) in [7, 11) is 0. The van der Waals surface area contributed by atoms with Crippen LogP contribution in [-0.4, -0.2) is 63.6 Å². The number of nitrogens with zero attached hydrogens (tertiary/aromatic N) is 7. The summed E-state index contributed by atoms with van der Waals surface area (Å²) in [6, 6.07) is 11.7. The first-order valence-corrected chi connectivity index (χ1v) is 12.3.